The molecule has 1 atom stereocenters. The van der Waals surface area contributed by atoms with Gasteiger partial charge in [-0.25, -0.2) is 4.79 Å². The molecule has 1 aromatic heterocycles. The van der Waals surface area contributed by atoms with Crippen molar-refractivity contribution in [2.24, 2.45) is 11.7 Å². The lowest BCUT2D eigenvalue weighted by atomic mass is 10.1. The Kier molecular flexibility index (Phi) is 6.01. The van der Waals surface area contributed by atoms with Crippen LogP contribution < -0.4 is 16.4 Å². The number of anilines is 1. The third kappa shape index (κ3) is 5.04. The van der Waals surface area contributed by atoms with Crippen LogP contribution in [0.4, 0.5) is 10.5 Å². The number of amides is 3. The number of benzene rings is 2. The molecule has 4 N–H and O–H groups in total. The van der Waals surface area contributed by atoms with Gasteiger partial charge in [0.2, 0.25) is 11.8 Å². The Morgan fingerprint density at radius 3 is 2.52 bits per heavy atom. The first-order valence-electron chi connectivity index (χ1n) is 9.27. The van der Waals surface area contributed by atoms with Crippen LogP contribution in [0.25, 0.3) is 21.9 Å². The maximum atomic E-state index is 12.6. The Bertz CT molecular complexity index is 1060. The van der Waals surface area contributed by atoms with Crippen LogP contribution in [0.3, 0.4) is 0 Å². The summed E-state index contributed by atoms with van der Waals surface area (Å²) in [6, 6.07) is 11.7. The molecule has 3 aromatic rings. The Labute approximate surface area is 167 Å². The lowest BCUT2D eigenvalue weighted by molar-refractivity contribution is -0.123. The standard InChI is InChI=1S/C21H23N3O5/c1-12(2)11-28-21(27)24-16(10-19(22)25)20(26)23-13-7-8-15-14-5-3-4-6-17(14)29-18(15)9-13/h3-9,12,16H,10-11H2,1-2H3,(H2,22,25)(H,23,26)(H,24,27)/t16-/m1/s1. The van der Waals surface area contributed by atoms with Crippen molar-refractivity contribution in [2.75, 3.05) is 11.9 Å². The van der Waals surface area contributed by atoms with E-state index in [-0.39, 0.29) is 18.9 Å². The Morgan fingerprint density at radius 2 is 1.79 bits per heavy atom. The number of hydrogen-bond donors (Lipinski definition) is 3. The quantitative estimate of drug-likeness (QED) is 0.565. The molecule has 152 valence electrons. The Hall–Kier alpha value is -3.55. The highest BCUT2D eigenvalue weighted by Crippen LogP contribution is 2.30. The summed E-state index contributed by atoms with van der Waals surface area (Å²) in [5, 5.41) is 6.95. The minimum atomic E-state index is -1.15. The zero-order valence-electron chi connectivity index (χ0n) is 16.2. The van der Waals surface area contributed by atoms with Crippen molar-refractivity contribution in [1.82, 2.24) is 5.32 Å². The molecule has 0 saturated heterocycles. The number of nitrogens with one attached hydrogen (secondary N) is 2. The second kappa shape index (κ2) is 8.64. The van der Waals surface area contributed by atoms with Gasteiger partial charge in [-0.05, 0) is 24.1 Å². The number of alkyl carbamates (subject to hydrolysis) is 1. The summed E-state index contributed by atoms with van der Waals surface area (Å²) in [4.78, 5) is 35.8. The Balaban J connectivity index is 1.74. The molecule has 8 nitrogen and oxygen atoms in total. The van der Waals surface area contributed by atoms with Crippen LogP contribution in [0.5, 0.6) is 0 Å². The molecule has 0 aliphatic rings. The van der Waals surface area contributed by atoms with Crippen LogP contribution >= 0.6 is 0 Å². The molecule has 0 radical (unpaired) electrons. The van der Waals surface area contributed by atoms with E-state index in [0.717, 1.165) is 16.4 Å². The minimum Gasteiger partial charge on any atom is -0.456 e. The second-order valence-electron chi connectivity index (χ2n) is 7.16. The molecule has 0 fully saturated rings. The van der Waals surface area contributed by atoms with Crippen molar-refractivity contribution < 1.29 is 23.5 Å². The summed E-state index contributed by atoms with van der Waals surface area (Å²) in [5.74, 6) is -1.16. The molecule has 0 aliphatic carbocycles. The summed E-state index contributed by atoms with van der Waals surface area (Å²) in [7, 11) is 0. The van der Waals surface area contributed by atoms with E-state index >= 15 is 0 Å². The van der Waals surface area contributed by atoms with Crippen molar-refractivity contribution >= 4 is 45.5 Å². The van der Waals surface area contributed by atoms with Crippen LogP contribution in [-0.4, -0.2) is 30.6 Å². The summed E-state index contributed by atoms with van der Waals surface area (Å²) < 4.78 is 10.8. The van der Waals surface area contributed by atoms with Gasteiger partial charge in [0.25, 0.3) is 0 Å². The third-order valence-electron chi connectivity index (χ3n) is 4.21. The molecule has 0 unspecified atom stereocenters. The summed E-state index contributed by atoms with van der Waals surface area (Å²) in [6.07, 6.45) is -1.14. The number of hydrogen-bond acceptors (Lipinski definition) is 5. The van der Waals surface area contributed by atoms with Crippen molar-refractivity contribution in [3.63, 3.8) is 0 Å². The molecular weight excluding hydrogens is 374 g/mol. The number of carbonyl (C=O) groups is 3. The lowest BCUT2D eigenvalue weighted by Gasteiger charge is -2.17. The smallest absolute Gasteiger partial charge is 0.407 e. The van der Waals surface area contributed by atoms with Gasteiger partial charge in [0.1, 0.15) is 17.2 Å². The molecule has 3 amide bonds. The van der Waals surface area contributed by atoms with Crippen molar-refractivity contribution in [3.05, 3.63) is 42.5 Å². The minimum absolute atomic E-state index is 0.139. The van der Waals surface area contributed by atoms with Crippen LogP contribution in [0.1, 0.15) is 20.3 Å². The molecule has 0 saturated carbocycles. The predicted octanol–water partition coefficient (Wildman–Crippen LogP) is 3.15. The highest BCUT2D eigenvalue weighted by atomic mass is 16.5. The highest BCUT2D eigenvalue weighted by Gasteiger charge is 2.24. The average molecular weight is 397 g/mol. The third-order valence-corrected chi connectivity index (χ3v) is 4.21. The van der Waals surface area contributed by atoms with E-state index in [9.17, 15) is 14.4 Å². The first-order valence-corrected chi connectivity index (χ1v) is 9.27. The molecule has 8 heteroatoms. The molecule has 3 rings (SSSR count). The number of rotatable bonds is 7. The second-order valence-corrected chi connectivity index (χ2v) is 7.16. The van der Waals surface area contributed by atoms with Gasteiger partial charge >= 0.3 is 6.09 Å². The maximum absolute atomic E-state index is 12.6. The zero-order chi connectivity index (χ0) is 21.0. The molecule has 0 bridgehead atoms. The van der Waals surface area contributed by atoms with Gasteiger partial charge in [-0.3, -0.25) is 9.59 Å². The van der Waals surface area contributed by atoms with E-state index < -0.39 is 23.9 Å². The summed E-state index contributed by atoms with van der Waals surface area (Å²) in [5.41, 5.74) is 7.03. The highest BCUT2D eigenvalue weighted by molar-refractivity contribution is 6.07. The largest absolute Gasteiger partial charge is 0.456 e. The first kappa shape index (κ1) is 20.2. The van der Waals surface area contributed by atoms with Crippen LogP contribution in [0.2, 0.25) is 0 Å². The number of para-hydroxylation sites is 1. The van der Waals surface area contributed by atoms with Crippen LogP contribution in [0, 0.1) is 5.92 Å². The zero-order valence-corrected chi connectivity index (χ0v) is 16.2. The number of ether oxygens (including phenoxy) is 1. The number of furan rings is 1. The SMILES string of the molecule is CC(C)COC(=O)N[C@H](CC(N)=O)C(=O)Nc1ccc2c(c1)oc1ccccc12. The summed E-state index contributed by atoms with van der Waals surface area (Å²) in [6.45, 7) is 3.96. The van der Waals surface area contributed by atoms with Crippen molar-refractivity contribution in [3.8, 4) is 0 Å². The molecule has 0 aliphatic heterocycles. The van der Waals surface area contributed by atoms with Crippen LogP contribution in [0.15, 0.2) is 46.9 Å². The summed E-state index contributed by atoms with van der Waals surface area (Å²) >= 11 is 0. The van der Waals surface area contributed by atoms with E-state index in [4.69, 9.17) is 14.9 Å². The van der Waals surface area contributed by atoms with Crippen LogP contribution in [-0.2, 0) is 14.3 Å². The van der Waals surface area contributed by atoms with Gasteiger partial charge in [0.05, 0.1) is 13.0 Å². The normalized spacial score (nSPS) is 12.1. The number of nitrogens with two attached hydrogens (primary N) is 1. The fraction of sp³-hybridized carbons (Fsp3) is 0.286. The van der Waals surface area contributed by atoms with E-state index in [1.807, 2.05) is 44.2 Å². The van der Waals surface area contributed by atoms with Gasteiger partial charge in [0, 0.05) is 22.5 Å². The maximum Gasteiger partial charge on any atom is 0.407 e. The van der Waals surface area contributed by atoms with E-state index in [1.165, 1.54) is 0 Å². The van der Waals surface area contributed by atoms with E-state index in [1.54, 1.807) is 12.1 Å². The van der Waals surface area contributed by atoms with Gasteiger partial charge in [-0.15, -0.1) is 0 Å². The first-order chi connectivity index (χ1) is 13.8. The molecule has 29 heavy (non-hydrogen) atoms. The van der Waals surface area contributed by atoms with E-state index in [2.05, 4.69) is 10.6 Å². The molecule has 0 spiro atoms. The lowest BCUT2D eigenvalue weighted by Crippen LogP contribution is -2.46. The molecule has 1 heterocycles. The predicted molar refractivity (Wildman–Crippen MR) is 109 cm³/mol. The number of carbonyl (C=O) groups excluding carboxylic acids is 3. The molecular formula is C21H23N3O5. The average Bonchev–Trinajstić information content (AvgIpc) is 3.03. The van der Waals surface area contributed by atoms with Gasteiger partial charge < -0.3 is 25.5 Å². The van der Waals surface area contributed by atoms with Gasteiger partial charge in [-0.2, -0.15) is 0 Å². The van der Waals surface area contributed by atoms with Crippen molar-refractivity contribution in [1.29, 1.82) is 0 Å². The molecule has 2 aromatic carbocycles. The van der Waals surface area contributed by atoms with Crippen molar-refractivity contribution in [2.45, 2.75) is 26.3 Å². The fourth-order valence-corrected chi connectivity index (χ4v) is 2.87. The van der Waals surface area contributed by atoms with Gasteiger partial charge in [-0.1, -0.05) is 32.0 Å². The fourth-order valence-electron chi connectivity index (χ4n) is 2.87. The monoisotopic (exact) mass is 397 g/mol. The van der Waals surface area contributed by atoms with Gasteiger partial charge in [0.15, 0.2) is 0 Å². The topological polar surface area (TPSA) is 124 Å². The number of fused-ring (bicyclic) bond motifs is 3. The van der Waals surface area contributed by atoms with E-state index in [0.29, 0.717) is 11.3 Å². The Morgan fingerprint density at radius 1 is 1.07 bits per heavy atom. The number of primary amides is 1.